The fourth-order valence-electron chi connectivity index (χ4n) is 2.91. The minimum absolute atomic E-state index is 0.00308. The Morgan fingerprint density at radius 1 is 1.18 bits per heavy atom. The predicted molar refractivity (Wildman–Crippen MR) is 112 cm³/mol. The quantitative estimate of drug-likeness (QED) is 0.540. The van der Waals surface area contributed by atoms with Gasteiger partial charge in [-0.1, -0.05) is 30.3 Å². The number of nitrogens with one attached hydrogen (secondary N) is 2. The van der Waals surface area contributed by atoms with Crippen LogP contribution in [0.15, 0.2) is 54.6 Å². The van der Waals surface area contributed by atoms with Crippen molar-refractivity contribution in [3.8, 4) is 17.1 Å². The molecule has 1 heterocycles. The summed E-state index contributed by atoms with van der Waals surface area (Å²) < 4.78 is 7.82. The summed E-state index contributed by atoms with van der Waals surface area (Å²) in [6, 6.07) is 17.8. The number of amides is 1. The molecule has 0 aliphatic heterocycles. The number of ether oxygens (including phenoxy) is 1. The van der Waals surface area contributed by atoms with E-state index in [0.717, 1.165) is 17.7 Å². The molecule has 0 aliphatic rings. The number of hydrogen-bond acceptors (Lipinski definition) is 4. The van der Waals surface area contributed by atoms with Crippen molar-refractivity contribution in [3.05, 3.63) is 64.9 Å². The molecule has 28 heavy (non-hydrogen) atoms. The van der Waals surface area contributed by atoms with Crippen molar-refractivity contribution >= 4 is 18.1 Å². The van der Waals surface area contributed by atoms with Gasteiger partial charge in [0, 0.05) is 25.1 Å². The number of nitrogens with zero attached hydrogens (tertiary/aromatic N) is 2. The highest BCUT2D eigenvalue weighted by molar-refractivity contribution is 7.71. The number of carbonyl (C=O) groups excluding carboxylic acids is 1. The fourth-order valence-corrected chi connectivity index (χ4v) is 3.13. The maximum atomic E-state index is 12.2. The first-order valence-electron chi connectivity index (χ1n) is 9.36. The molecule has 0 fully saturated rings. The SMILES string of the molecule is CCOc1ccc(-c2n[nH]c(=S)n2CCC(=O)NCCc2ccccc2)cc1. The van der Waals surface area contributed by atoms with Crippen LogP contribution < -0.4 is 10.1 Å². The molecule has 7 heteroatoms. The highest BCUT2D eigenvalue weighted by Gasteiger charge is 2.11. The Balaban J connectivity index is 1.56. The van der Waals surface area contributed by atoms with E-state index < -0.39 is 0 Å². The Labute approximate surface area is 169 Å². The lowest BCUT2D eigenvalue weighted by Gasteiger charge is -2.09. The van der Waals surface area contributed by atoms with Gasteiger partial charge in [-0.3, -0.25) is 14.5 Å². The van der Waals surface area contributed by atoms with E-state index in [1.807, 2.05) is 54.0 Å². The molecule has 1 aromatic heterocycles. The van der Waals surface area contributed by atoms with Gasteiger partial charge >= 0.3 is 0 Å². The number of hydrogen-bond donors (Lipinski definition) is 2. The summed E-state index contributed by atoms with van der Waals surface area (Å²) >= 11 is 5.33. The molecule has 146 valence electrons. The first-order chi connectivity index (χ1) is 13.7. The van der Waals surface area contributed by atoms with Crippen molar-refractivity contribution in [1.82, 2.24) is 20.1 Å². The lowest BCUT2D eigenvalue weighted by Crippen LogP contribution is -2.26. The van der Waals surface area contributed by atoms with Gasteiger partial charge in [0.25, 0.3) is 0 Å². The van der Waals surface area contributed by atoms with Crippen molar-refractivity contribution in [3.63, 3.8) is 0 Å². The van der Waals surface area contributed by atoms with Gasteiger partial charge < -0.3 is 10.1 Å². The second-order valence-corrected chi connectivity index (χ2v) is 6.68. The van der Waals surface area contributed by atoms with Gasteiger partial charge in [0.05, 0.1) is 6.61 Å². The molecule has 0 spiro atoms. The number of aromatic nitrogens is 3. The first kappa shape index (κ1) is 19.8. The monoisotopic (exact) mass is 396 g/mol. The standard InChI is InChI=1S/C21H24N4O2S/c1-2-27-18-10-8-17(9-11-18)20-23-24-21(28)25(20)15-13-19(26)22-14-12-16-6-4-3-5-7-16/h3-11H,2,12-15H2,1H3,(H,22,26)(H,24,28). The van der Waals surface area contributed by atoms with E-state index in [9.17, 15) is 4.79 Å². The van der Waals surface area contributed by atoms with E-state index in [2.05, 4.69) is 27.6 Å². The van der Waals surface area contributed by atoms with Gasteiger partial charge in [0.1, 0.15) is 5.75 Å². The number of carbonyl (C=O) groups is 1. The molecule has 2 aromatic carbocycles. The van der Waals surface area contributed by atoms with Gasteiger partial charge in [-0.2, -0.15) is 5.10 Å². The average Bonchev–Trinajstić information content (AvgIpc) is 3.08. The van der Waals surface area contributed by atoms with Crippen molar-refractivity contribution in [1.29, 1.82) is 0 Å². The minimum atomic E-state index is -0.00308. The highest BCUT2D eigenvalue weighted by atomic mass is 32.1. The molecule has 1 amide bonds. The minimum Gasteiger partial charge on any atom is -0.494 e. The van der Waals surface area contributed by atoms with Crippen molar-refractivity contribution in [2.75, 3.05) is 13.2 Å². The molecule has 2 N–H and O–H groups in total. The van der Waals surface area contributed by atoms with Crippen LogP contribution in [0.3, 0.4) is 0 Å². The Morgan fingerprint density at radius 3 is 2.64 bits per heavy atom. The molecular formula is C21H24N4O2S. The Hall–Kier alpha value is -2.93. The van der Waals surface area contributed by atoms with Gasteiger partial charge in [-0.15, -0.1) is 0 Å². The van der Waals surface area contributed by atoms with E-state index in [1.165, 1.54) is 5.56 Å². The van der Waals surface area contributed by atoms with Gasteiger partial charge in [-0.25, -0.2) is 0 Å². The van der Waals surface area contributed by atoms with Gasteiger partial charge in [0.15, 0.2) is 10.6 Å². The molecule has 0 unspecified atom stereocenters. The molecule has 0 radical (unpaired) electrons. The normalized spacial score (nSPS) is 10.6. The summed E-state index contributed by atoms with van der Waals surface area (Å²) in [5.41, 5.74) is 2.12. The molecule has 0 bridgehead atoms. The van der Waals surface area contributed by atoms with Crippen molar-refractivity contribution in [2.45, 2.75) is 26.3 Å². The smallest absolute Gasteiger partial charge is 0.221 e. The van der Waals surface area contributed by atoms with Crippen LogP contribution in [-0.2, 0) is 17.8 Å². The van der Waals surface area contributed by atoms with Crippen LogP contribution in [0.1, 0.15) is 18.9 Å². The zero-order valence-electron chi connectivity index (χ0n) is 15.9. The van der Waals surface area contributed by atoms with Crippen LogP contribution in [0.2, 0.25) is 0 Å². The molecule has 0 saturated carbocycles. The zero-order valence-corrected chi connectivity index (χ0v) is 16.7. The van der Waals surface area contributed by atoms with Gasteiger partial charge in [0.2, 0.25) is 5.91 Å². The third-order valence-corrected chi connectivity index (χ3v) is 4.63. The van der Waals surface area contributed by atoms with Crippen LogP contribution in [-0.4, -0.2) is 33.8 Å². The Morgan fingerprint density at radius 2 is 1.93 bits per heavy atom. The van der Waals surface area contributed by atoms with E-state index in [0.29, 0.717) is 36.7 Å². The summed E-state index contributed by atoms with van der Waals surface area (Å²) in [4.78, 5) is 12.2. The number of aromatic amines is 1. The van der Waals surface area contributed by atoms with Crippen LogP contribution in [0.4, 0.5) is 0 Å². The summed E-state index contributed by atoms with van der Waals surface area (Å²) in [6.45, 7) is 3.65. The molecule has 6 nitrogen and oxygen atoms in total. The Kier molecular flexibility index (Phi) is 6.97. The van der Waals surface area contributed by atoms with Crippen LogP contribution in [0, 0.1) is 4.77 Å². The molecular weight excluding hydrogens is 372 g/mol. The van der Waals surface area contributed by atoms with Gasteiger partial charge in [-0.05, 0) is 55.4 Å². The molecule has 3 rings (SSSR count). The zero-order chi connectivity index (χ0) is 19.8. The summed E-state index contributed by atoms with van der Waals surface area (Å²) in [5.74, 6) is 1.52. The van der Waals surface area contributed by atoms with Crippen LogP contribution in [0.25, 0.3) is 11.4 Å². The fraction of sp³-hybridized carbons (Fsp3) is 0.286. The topological polar surface area (TPSA) is 71.9 Å². The van der Waals surface area contributed by atoms with Crippen LogP contribution in [0.5, 0.6) is 5.75 Å². The third-order valence-electron chi connectivity index (χ3n) is 4.32. The van der Waals surface area contributed by atoms with E-state index >= 15 is 0 Å². The lowest BCUT2D eigenvalue weighted by molar-refractivity contribution is -0.121. The highest BCUT2D eigenvalue weighted by Crippen LogP contribution is 2.21. The molecule has 0 aliphatic carbocycles. The van der Waals surface area contributed by atoms with Crippen molar-refractivity contribution < 1.29 is 9.53 Å². The number of rotatable bonds is 9. The summed E-state index contributed by atoms with van der Waals surface area (Å²) in [7, 11) is 0. The Bertz CT molecular complexity index is 949. The van der Waals surface area contributed by atoms with E-state index in [1.54, 1.807) is 0 Å². The second kappa shape index (κ2) is 9.85. The predicted octanol–water partition coefficient (Wildman–Crippen LogP) is 3.76. The maximum Gasteiger partial charge on any atom is 0.221 e. The third kappa shape index (κ3) is 5.29. The van der Waals surface area contributed by atoms with E-state index in [-0.39, 0.29) is 5.91 Å². The summed E-state index contributed by atoms with van der Waals surface area (Å²) in [6.07, 6.45) is 1.15. The maximum absolute atomic E-state index is 12.2. The average molecular weight is 397 g/mol. The first-order valence-corrected chi connectivity index (χ1v) is 9.77. The van der Waals surface area contributed by atoms with Crippen LogP contribution >= 0.6 is 12.2 Å². The number of H-pyrrole nitrogens is 1. The second-order valence-electron chi connectivity index (χ2n) is 6.30. The molecule has 0 atom stereocenters. The molecule has 0 saturated heterocycles. The molecule has 3 aromatic rings. The van der Waals surface area contributed by atoms with E-state index in [4.69, 9.17) is 17.0 Å². The summed E-state index contributed by atoms with van der Waals surface area (Å²) in [5, 5.41) is 10.1. The van der Waals surface area contributed by atoms with Crippen molar-refractivity contribution in [2.24, 2.45) is 0 Å². The number of benzene rings is 2. The largest absolute Gasteiger partial charge is 0.494 e. The lowest BCUT2D eigenvalue weighted by atomic mass is 10.1.